The highest BCUT2D eigenvalue weighted by molar-refractivity contribution is 6.34. The molecule has 8 atom stereocenters. The van der Waals surface area contributed by atoms with E-state index in [9.17, 15) is 15.3 Å². The molecule has 3 saturated heterocycles. The van der Waals surface area contributed by atoms with E-state index in [4.69, 9.17) is 56.7 Å². The summed E-state index contributed by atoms with van der Waals surface area (Å²) in [4.78, 5) is 16.2. The maximum atomic E-state index is 9.98. The van der Waals surface area contributed by atoms with Crippen LogP contribution in [-0.4, -0.2) is 125 Å². The van der Waals surface area contributed by atoms with Crippen molar-refractivity contribution in [3.8, 4) is 0 Å². The van der Waals surface area contributed by atoms with E-state index in [2.05, 4.69) is 19.9 Å². The van der Waals surface area contributed by atoms with Gasteiger partial charge in [0.15, 0.2) is 24.0 Å². The van der Waals surface area contributed by atoms with E-state index >= 15 is 0 Å². The summed E-state index contributed by atoms with van der Waals surface area (Å²) in [5.41, 5.74) is 1.16. The van der Waals surface area contributed by atoms with Gasteiger partial charge in [-0.15, -0.1) is 0 Å². The third kappa shape index (κ3) is 7.31. The van der Waals surface area contributed by atoms with Crippen molar-refractivity contribution < 1.29 is 48.8 Å². The van der Waals surface area contributed by atoms with Crippen LogP contribution in [0.2, 0.25) is 10.3 Å². The van der Waals surface area contributed by atoms with Gasteiger partial charge in [-0.2, -0.15) is 0 Å². The van der Waals surface area contributed by atoms with Gasteiger partial charge in [-0.05, 0) is 39.8 Å². The van der Waals surface area contributed by atoms with Gasteiger partial charge in [0.2, 0.25) is 0 Å². The normalized spacial score (nSPS) is 29.4. The van der Waals surface area contributed by atoms with Crippen LogP contribution in [0, 0.1) is 0 Å². The summed E-state index contributed by atoms with van der Waals surface area (Å²) >= 11 is 12.0. The van der Waals surface area contributed by atoms with E-state index in [1.54, 1.807) is 31.0 Å². The zero-order chi connectivity index (χ0) is 35.0. The van der Waals surface area contributed by atoms with E-state index in [0.29, 0.717) is 27.0 Å². The number of halogens is 2. The number of methoxy groups -OCH3 is 2. The first-order chi connectivity index (χ1) is 22.8. The second kappa shape index (κ2) is 14.7. The maximum Gasteiger partial charge on any atom is 0.164 e. The van der Waals surface area contributed by atoms with Gasteiger partial charge >= 0.3 is 0 Å². The van der Waals surface area contributed by atoms with E-state index in [-0.39, 0.29) is 25.4 Å². The number of nitrogens with zero attached hydrogens (tertiary/aromatic N) is 6. The summed E-state index contributed by atoms with van der Waals surface area (Å²) in [6.45, 7) is 6.91. The average Bonchev–Trinajstić information content (AvgIpc) is 3.87. The van der Waals surface area contributed by atoms with Crippen molar-refractivity contribution in [3.05, 3.63) is 47.5 Å². The standard InChI is InChI=1S/C14H16ClN3O4.C11H12ClN3O4.C5H12O2/c1-14(2)21-9-8(5-19)20-13(10(9)22-14)18-4-3-7-11(15)16-6-17-12(7)18;12-9-5-1-2-15(10(5)14-4-13-9)11-8(18)7(17)6(3-16)19-11;1-5(2,6-3)7-4/h3-4,6,8-10,13,19H,5H2,1-2H3;1-2,4,6-8,11,16-18H,3H2;1-4H3/t8-,9-,10-,13-;6-,7-,8-,11-;/m11./s1. The molecule has 48 heavy (non-hydrogen) atoms. The van der Waals surface area contributed by atoms with E-state index in [1.807, 2.05) is 44.5 Å². The van der Waals surface area contributed by atoms with Crippen LogP contribution >= 0.6 is 23.2 Å². The molecule has 0 aliphatic carbocycles. The predicted octanol–water partition coefficient (Wildman–Crippen LogP) is 2.21. The highest BCUT2D eigenvalue weighted by Crippen LogP contribution is 2.44. The molecule has 4 N–H and O–H groups in total. The minimum absolute atomic E-state index is 0.133. The molecule has 0 bridgehead atoms. The molecule has 0 radical (unpaired) electrons. The molecule has 3 aliphatic rings. The molecule has 3 aliphatic heterocycles. The molecular weight excluding hydrogens is 675 g/mol. The Kier molecular flexibility index (Phi) is 11.3. The van der Waals surface area contributed by atoms with Crippen LogP contribution in [0.3, 0.4) is 0 Å². The molecule has 7 heterocycles. The summed E-state index contributed by atoms with van der Waals surface area (Å²) in [7, 11) is 3.23. The molecule has 4 aromatic heterocycles. The summed E-state index contributed by atoms with van der Waals surface area (Å²) < 4.78 is 36.3. The smallest absolute Gasteiger partial charge is 0.164 e. The van der Waals surface area contributed by atoms with Crippen molar-refractivity contribution in [2.45, 2.75) is 88.3 Å². The first-order valence-electron chi connectivity index (χ1n) is 15.0. The fourth-order valence-electron chi connectivity index (χ4n) is 5.51. The summed E-state index contributed by atoms with van der Waals surface area (Å²) in [6, 6.07) is 3.54. The topological polar surface area (TPSA) is 198 Å². The van der Waals surface area contributed by atoms with Crippen LogP contribution in [0.5, 0.6) is 0 Å². The zero-order valence-electron chi connectivity index (χ0n) is 27.2. The molecular formula is C30H40Cl2N6O10. The maximum absolute atomic E-state index is 9.98. The van der Waals surface area contributed by atoms with Crippen LogP contribution < -0.4 is 0 Å². The number of fused-ring (bicyclic) bond motifs is 3. The van der Waals surface area contributed by atoms with E-state index < -0.39 is 48.4 Å². The first-order valence-corrected chi connectivity index (χ1v) is 15.8. The Morgan fingerprint density at radius 1 is 0.771 bits per heavy atom. The van der Waals surface area contributed by atoms with Gasteiger partial charge in [0.25, 0.3) is 0 Å². The minimum atomic E-state index is -1.15. The molecule has 7 rings (SSSR count). The van der Waals surface area contributed by atoms with Crippen molar-refractivity contribution in [3.63, 3.8) is 0 Å². The molecule has 0 unspecified atom stereocenters. The van der Waals surface area contributed by atoms with Gasteiger partial charge in [-0.25, -0.2) is 19.9 Å². The van der Waals surface area contributed by atoms with Gasteiger partial charge in [-0.1, -0.05) is 23.2 Å². The molecule has 0 saturated carbocycles. The highest BCUT2D eigenvalue weighted by Gasteiger charge is 2.55. The Morgan fingerprint density at radius 2 is 1.25 bits per heavy atom. The van der Waals surface area contributed by atoms with Crippen molar-refractivity contribution in [1.82, 2.24) is 29.1 Å². The molecule has 16 nitrogen and oxygen atoms in total. The molecule has 0 amide bonds. The van der Waals surface area contributed by atoms with Crippen molar-refractivity contribution >= 4 is 45.3 Å². The minimum Gasteiger partial charge on any atom is -0.394 e. The van der Waals surface area contributed by atoms with Gasteiger partial charge in [-0.3, -0.25) is 0 Å². The fraction of sp³-hybridized carbons (Fsp3) is 0.600. The Labute approximate surface area is 286 Å². The molecule has 0 aromatic carbocycles. The van der Waals surface area contributed by atoms with E-state index in [0.717, 1.165) is 5.39 Å². The van der Waals surface area contributed by atoms with Crippen LogP contribution in [0.15, 0.2) is 37.2 Å². The second-order valence-electron chi connectivity index (χ2n) is 12.1. The summed E-state index contributed by atoms with van der Waals surface area (Å²) in [5.74, 6) is -1.12. The van der Waals surface area contributed by atoms with Crippen molar-refractivity contribution in [2.75, 3.05) is 27.4 Å². The molecule has 0 spiro atoms. The van der Waals surface area contributed by atoms with E-state index in [1.165, 1.54) is 12.7 Å². The number of hydrogen-bond donors (Lipinski definition) is 4. The summed E-state index contributed by atoms with van der Waals surface area (Å²) in [6.07, 6.45) is 0.731. The highest BCUT2D eigenvalue weighted by atomic mass is 35.5. The SMILES string of the molecule is CC1(C)O[C@@H]2[C@H](O1)[C@@H](CO)O[C@H]2n1ccc2c(Cl)ncnc21.COC(C)(C)OC.OC[C@H]1O[C@@H](n2ccc3c(Cl)ncnc32)[C@H](O)[C@@H]1O. The number of ether oxygens (including phenoxy) is 6. The number of aliphatic hydroxyl groups excluding tert-OH is 4. The van der Waals surface area contributed by atoms with Gasteiger partial charge in [0, 0.05) is 26.6 Å². The number of hydrogen-bond acceptors (Lipinski definition) is 14. The zero-order valence-corrected chi connectivity index (χ0v) is 28.7. The lowest BCUT2D eigenvalue weighted by Gasteiger charge is -2.24. The number of aliphatic hydroxyl groups is 4. The van der Waals surface area contributed by atoms with Crippen molar-refractivity contribution in [2.24, 2.45) is 0 Å². The number of aromatic nitrogens is 6. The number of rotatable bonds is 6. The molecule has 3 fully saturated rings. The summed E-state index contributed by atoms with van der Waals surface area (Å²) in [5, 5.41) is 40.4. The van der Waals surface area contributed by atoms with Crippen LogP contribution in [0.1, 0.15) is 40.2 Å². The van der Waals surface area contributed by atoms with Gasteiger partial charge in [0.1, 0.15) is 70.9 Å². The third-order valence-electron chi connectivity index (χ3n) is 8.28. The van der Waals surface area contributed by atoms with Crippen LogP contribution in [-0.2, 0) is 28.4 Å². The lowest BCUT2D eigenvalue weighted by atomic mass is 10.1. The Balaban J connectivity index is 0.000000159. The molecule has 264 valence electrons. The quantitative estimate of drug-likeness (QED) is 0.167. The Hall–Kier alpha value is -2.58. The Morgan fingerprint density at radius 3 is 1.71 bits per heavy atom. The third-order valence-corrected chi connectivity index (χ3v) is 8.88. The largest absolute Gasteiger partial charge is 0.394 e. The van der Waals surface area contributed by atoms with Gasteiger partial charge in [0.05, 0.1) is 24.0 Å². The van der Waals surface area contributed by atoms with Crippen LogP contribution in [0.4, 0.5) is 0 Å². The van der Waals surface area contributed by atoms with Crippen molar-refractivity contribution in [1.29, 1.82) is 0 Å². The first kappa shape index (κ1) is 36.7. The molecule has 18 heteroatoms. The fourth-order valence-corrected chi connectivity index (χ4v) is 5.90. The monoisotopic (exact) mass is 714 g/mol. The lowest BCUT2D eigenvalue weighted by molar-refractivity contribution is -0.199. The molecule has 4 aromatic rings. The second-order valence-corrected chi connectivity index (χ2v) is 12.8. The van der Waals surface area contributed by atoms with Crippen LogP contribution in [0.25, 0.3) is 22.1 Å². The Bertz CT molecular complexity index is 1680. The predicted molar refractivity (Wildman–Crippen MR) is 171 cm³/mol. The average molecular weight is 716 g/mol. The van der Waals surface area contributed by atoms with Gasteiger partial charge < -0.3 is 58.0 Å². The lowest BCUT2D eigenvalue weighted by Crippen LogP contribution is -2.33.